The van der Waals surface area contributed by atoms with E-state index >= 15 is 0 Å². The van der Waals surface area contributed by atoms with E-state index in [-0.39, 0.29) is 5.91 Å². The van der Waals surface area contributed by atoms with Gasteiger partial charge in [0.25, 0.3) is 0 Å². The molecule has 3 N–H and O–H groups in total. The highest BCUT2D eigenvalue weighted by Crippen LogP contribution is 2.07. The average molecular weight is 243 g/mol. The summed E-state index contributed by atoms with van der Waals surface area (Å²) in [5.41, 5.74) is 5.65. The van der Waals surface area contributed by atoms with Crippen LogP contribution in [0, 0.1) is 0 Å². The topological polar surface area (TPSA) is 58.4 Å². The molecule has 92 valence electrons. The van der Waals surface area contributed by atoms with Crippen molar-refractivity contribution in [1.82, 2.24) is 10.2 Å². The highest BCUT2D eigenvalue weighted by atomic mass is 32.2. The predicted octanol–water partition coefficient (Wildman–Crippen LogP) is 0.0548. The van der Waals surface area contributed by atoms with E-state index in [4.69, 9.17) is 5.73 Å². The van der Waals surface area contributed by atoms with Crippen LogP contribution in [0.4, 0.5) is 0 Å². The molecule has 1 unspecified atom stereocenters. The Hall–Kier alpha value is -0.520. The molecule has 4 nitrogen and oxygen atoms in total. The number of nitrogens with two attached hydrogens (primary N) is 1. The molecular formula is C11H21N3OS. The maximum absolute atomic E-state index is 11.5. The van der Waals surface area contributed by atoms with Crippen LogP contribution in [-0.4, -0.2) is 54.5 Å². The first-order valence-electron chi connectivity index (χ1n) is 5.68. The fraction of sp³-hybridized carbons (Fsp3) is 0.727. The van der Waals surface area contributed by atoms with Gasteiger partial charge in [-0.2, -0.15) is 11.8 Å². The van der Waals surface area contributed by atoms with Crippen LogP contribution in [0.2, 0.25) is 0 Å². The molecule has 1 fully saturated rings. The molecule has 1 aliphatic heterocycles. The van der Waals surface area contributed by atoms with Crippen molar-refractivity contribution in [3.63, 3.8) is 0 Å². The highest BCUT2D eigenvalue weighted by molar-refractivity contribution is 7.99. The van der Waals surface area contributed by atoms with Gasteiger partial charge in [0.2, 0.25) is 5.91 Å². The number of carbonyl (C=O) groups is 1. The van der Waals surface area contributed by atoms with E-state index in [9.17, 15) is 4.79 Å². The predicted molar refractivity (Wildman–Crippen MR) is 69.6 cm³/mol. The van der Waals surface area contributed by atoms with E-state index < -0.39 is 6.04 Å². The van der Waals surface area contributed by atoms with Gasteiger partial charge >= 0.3 is 0 Å². The molecule has 0 aromatic carbocycles. The van der Waals surface area contributed by atoms with Crippen LogP contribution in [0.25, 0.3) is 0 Å². The van der Waals surface area contributed by atoms with Crippen LogP contribution in [0.5, 0.6) is 0 Å². The van der Waals surface area contributed by atoms with Crippen LogP contribution in [0.15, 0.2) is 12.7 Å². The summed E-state index contributed by atoms with van der Waals surface area (Å²) in [6, 6.07) is -0.450. The minimum Gasteiger partial charge on any atom is -0.353 e. The molecule has 1 heterocycles. The van der Waals surface area contributed by atoms with Crippen molar-refractivity contribution < 1.29 is 4.79 Å². The van der Waals surface area contributed by atoms with Gasteiger partial charge in [-0.15, -0.1) is 6.58 Å². The minimum atomic E-state index is -0.450. The van der Waals surface area contributed by atoms with Crippen molar-refractivity contribution in [3.8, 4) is 0 Å². The third-order valence-corrected chi connectivity index (χ3v) is 3.53. The van der Waals surface area contributed by atoms with E-state index in [1.54, 1.807) is 6.08 Å². The van der Waals surface area contributed by atoms with Gasteiger partial charge in [-0.25, -0.2) is 0 Å². The molecule has 1 aliphatic rings. The third-order valence-electron chi connectivity index (χ3n) is 2.59. The quantitative estimate of drug-likeness (QED) is 0.648. The summed E-state index contributed by atoms with van der Waals surface area (Å²) in [4.78, 5) is 13.8. The lowest BCUT2D eigenvalue weighted by molar-refractivity contribution is -0.122. The molecule has 0 spiro atoms. The van der Waals surface area contributed by atoms with Gasteiger partial charge in [-0.3, -0.25) is 9.69 Å². The summed E-state index contributed by atoms with van der Waals surface area (Å²) in [5, 5.41) is 2.85. The second-order valence-corrected chi connectivity index (χ2v) is 5.10. The van der Waals surface area contributed by atoms with Crippen molar-refractivity contribution in [2.45, 2.75) is 12.5 Å². The maximum atomic E-state index is 11.5. The van der Waals surface area contributed by atoms with Gasteiger partial charge in [0.15, 0.2) is 0 Å². The summed E-state index contributed by atoms with van der Waals surface area (Å²) in [7, 11) is 0. The monoisotopic (exact) mass is 243 g/mol. The Morgan fingerprint density at radius 2 is 2.25 bits per heavy atom. The Kier molecular flexibility index (Phi) is 6.52. The summed E-state index contributed by atoms with van der Waals surface area (Å²) in [6.45, 7) is 7.43. The van der Waals surface area contributed by atoms with Crippen LogP contribution in [-0.2, 0) is 4.79 Å². The number of hydrogen-bond acceptors (Lipinski definition) is 4. The van der Waals surface area contributed by atoms with Crippen LogP contribution in [0.3, 0.4) is 0 Å². The molecule has 5 heteroatoms. The first kappa shape index (κ1) is 13.5. The van der Waals surface area contributed by atoms with Crippen molar-refractivity contribution in [1.29, 1.82) is 0 Å². The second kappa shape index (κ2) is 7.70. The van der Waals surface area contributed by atoms with Crippen molar-refractivity contribution in [3.05, 3.63) is 12.7 Å². The summed E-state index contributed by atoms with van der Waals surface area (Å²) < 4.78 is 0. The Morgan fingerprint density at radius 1 is 1.56 bits per heavy atom. The lowest BCUT2D eigenvalue weighted by Gasteiger charge is -2.26. The Bertz CT molecular complexity index is 229. The Labute approximate surface area is 102 Å². The van der Waals surface area contributed by atoms with Gasteiger partial charge in [0.05, 0.1) is 6.04 Å². The molecule has 0 aromatic heterocycles. The van der Waals surface area contributed by atoms with Gasteiger partial charge in [0.1, 0.15) is 0 Å². The van der Waals surface area contributed by atoms with E-state index in [1.165, 1.54) is 11.5 Å². The number of carbonyl (C=O) groups excluding carboxylic acids is 1. The van der Waals surface area contributed by atoms with Gasteiger partial charge in [-0.1, -0.05) is 6.08 Å². The first-order valence-corrected chi connectivity index (χ1v) is 6.84. The SMILES string of the molecule is C=CCC(N)C(=O)NCCN1CCSCC1. The van der Waals surface area contributed by atoms with E-state index in [0.717, 1.165) is 19.6 Å². The van der Waals surface area contributed by atoms with Crippen LogP contribution >= 0.6 is 11.8 Å². The standard InChI is InChI=1S/C11H21N3OS/c1-2-3-10(12)11(15)13-4-5-14-6-8-16-9-7-14/h2,10H,1,3-9,12H2,(H,13,15). The van der Waals surface area contributed by atoms with E-state index in [0.29, 0.717) is 13.0 Å². The number of nitrogens with one attached hydrogen (secondary N) is 1. The van der Waals surface area contributed by atoms with Gasteiger partial charge in [-0.05, 0) is 6.42 Å². The van der Waals surface area contributed by atoms with E-state index in [1.807, 2.05) is 11.8 Å². The zero-order valence-electron chi connectivity index (χ0n) is 9.65. The number of hydrogen-bond donors (Lipinski definition) is 2. The second-order valence-electron chi connectivity index (χ2n) is 3.88. The van der Waals surface area contributed by atoms with Crippen LogP contribution in [0.1, 0.15) is 6.42 Å². The fourth-order valence-corrected chi connectivity index (χ4v) is 2.56. The highest BCUT2D eigenvalue weighted by Gasteiger charge is 2.13. The number of amides is 1. The van der Waals surface area contributed by atoms with Crippen molar-refractivity contribution in [2.24, 2.45) is 5.73 Å². The summed E-state index contributed by atoms with van der Waals surface area (Å²) in [6.07, 6.45) is 2.21. The zero-order valence-corrected chi connectivity index (χ0v) is 10.5. The number of rotatable bonds is 6. The molecule has 0 saturated carbocycles. The van der Waals surface area contributed by atoms with Crippen molar-refractivity contribution >= 4 is 17.7 Å². The van der Waals surface area contributed by atoms with Crippen LogP contribution < -0.4 is 11.1 Å². The average Bonchev–Trinajstić information content (AvgIpc) is 2.30. The number of thioether (sulfide) groups is 1. The molecule has 0 aliphatic carbocycles. The normalized spacial score (nSPS) is 19.1. The van der Waals surface area contributed by atoms with Gasteiger partial charge in [0, 0.05) is 37.7 Å². The molecule has 0 radical (unpaired) electrons. The number of nitrogens with zero attached hydrogens (tertiary/aromatic N) is 1. The zero-order chi connectivity index (χ0) is 11.8. The molecular weight excluding hydrogens is 222 g/mol. The molecule has 0 bridgehead atoms. The molecule has 1 saturated heterocycles. The molecule has 1 rings (SSSR count). The smallest absolute Gasteiger partial charge is 0.237 e. The lowest BCUT2D eigenvalue weighted by Crippen LogP contribution is -2.44. The Morgan fingerprint density at radius 3 is 2.88 bits per heavy atom. The van der Waals surface area contributed by atoms with Crippen molar-refractivity contribution in [2.75, 3.05) is 37.7 Å². The molecule has 1 atom stereocenters. The first-order chi connectivity index (χ1) is 7.74. The van der Waals surface area contributed by atoms with E-state index in [2.05, 4.69) is 16.8 Å². The van der Waals surface area contributed by atoms with Gasteiger partial charge < -0.3 is 11.1 Å². The molecule has 1 amide bonds. The summed E-state index contributed by atoms with van der Waals surface area (Å²) in [5.74, 6) is 2.32. The molecule has 0 aromatic rings. The fourth-order valence-electron chi connectivity index (χ4n) is 1.58. The third kappa shape index (κ3) is 5.01. The minimum absolute atomic E-state index is 0.0775. The maximum Gasteiger partial charge on any atom is 0.237 e. The molecule has 16 heavy (non-hydrogen) atoms. The largest absolute Gasteiger partial charge is 0.353 e. The summed E-state index contributed by atoms with van der Waals surface area (Å²) >= 11 is 1.99. The lowest BCUT2D eigenvalue weighted by atomic mass is 10.2. The Balaban J connectivity index is 2.09.